The summed E-state index contributed by atoms with van der Waals surface area (Å²) >= 11 is 0. The summed E-state index contributed by atoms with van der Waals surface area (Å²) in [5, 5.41) is 18.2. The van der Waals surface area contributed by atoms with Gasteiger partial charge in [-0.1, -0.05) is 6.07 Å². The van der Waals surface area contributed by atoms with Crippen LogP contribution < -0.4 is 9.64 Å². The number of aromatic carboxylic acids is 1. The first-order chi connectivity index (χ1) is 9.94. The maximum atomic E-state index is 11.2. The molecule has 0 amide bonds. The molecule has 112 valence electrons. The van der Waals surface area contributed by atoms with Crippen molar-refractivity contribution in [3.05, 3.63) is 23.8 Å². The summed E-state index contributed by atoms with van der Waals surface area (Å²) in [5.41, 5.74) is 0.711. The van der Waals surface area contributed by atoms with E-state index in [0.29, 0.717) is 12.4 Å². The smallest absolute Gasteiger partial charge is 0.339 e. The van der Waals surface area contributed by atoms with Crippen LogP contribution in [-0.4, -0.2) is 30.8 Å². The second kappa shape index (κ2) is 6.04. The predicted molar refractivity (Wildman–Crippen MR) is 79.7 cm³/mol. The predicted octanol–water partition coefficient (Wildman–Crippen LogP) is 2.91. The lowest BCUT2D eigenvalue weighted by Gasteiger charge is -2.32. The number of para-hydroxylation sites is 1. The van der Waals surface area contributed by atoms with Crippen molar-refractivity contribution >= 4 is 11.7 Å². The third-order valence-electron chi connectivity index (χ3n) is 3.71. The Kier molecular flexibility index (Phi) is 4.37. The zero-order chi connectivity index (χ0) is 15.5. The van der Waals surface area contributed by atoms with Gasteiger partial charge in [0.05, 0.1) is 23.7 Å². The monoisotopic (exact) mass is 288 g/mol. The van der Waals surface area contributed by atoms with Gasteiger partial charge in [-0.15, -0.1) is 0 Å². The van der Waals surface area contributed by atoms with Crippen molar-refractivity contribution in [1.82, 2.24) is 0 Å². The molecular weight excluding hydrogens is 268 g/mol. The van der Waals surface area contributed by atoms with E-state index in [1.54, 1.807) is 12.1 Å². The molecule has 0 saturated heterocycles. The Labute approximate surface area is 124 Å². The lowest BCUT2D eigenvalue weighted by atomic mass is 9.90. The quantitative estimate of drug-likeness (QED) is 0.901. The molecule has 1 aliphatic heterocycles. The van der Waals surface area contributed by atoms with Crippen molar-refractivity contribution in [2.45, 2.75) is 26.7 Å². The fourth-order valence-electron chi connectivity index (χ4n) is 2.47. The summed E-state index contributed by atoms with van der Waals surface area (Å²) in [6.07, 6.45) is 1.70. The number of carboxylic acids is 1. The van der Waals surface area contributed by atoms with Gasteiger partial charge < -0.3 is 14.7 Å². The number of fused-ring (bicyclic) bond motifs is 1. The minimum absolute atomic E-state index is 0.203. The van der Waals surface area contributed by atoms with Gasteiger partial charge in [0.2, 0.25) is 0 Å². The molecule has 2 rings (SSSR count). The molecule has 5 nitrogen and oxygen atoms in total. The molecule has 1 aliphatic rings. The van der Waals surface area contributed by atoms with Crippen LogP contribution >= 0.6 is 0 Å². The van der Waals surface area contributed by atoms with E-state index in [1.807, 2.05) is 19.9 Å². The molecule has 1 N–H and O–H groups in total. The van der Waals surface area contributed by atoms with Gasteiger partial charge in [0.25, 0.3) is 0 Å². The molecule has 0 saturated carbocycles. The minimum atomic E-state index is -0.973. The molecule has 0 aromatic heterocycles. The number of rotatable bonds is 5. The van der Waals surface area contributed by atoms with Crippen LogP contribution in [0.15, 0.2) is 18.2 Å². The van der Waals surface area contributed by atoms with E-state index in [2.05, 4.69) is 11.0 Å². The average Bonchev–Trinajstić information content (AvgIpc) is 2.46. The highest BCUT2D eigenvalue weighted by Crippen LogP contribution is 2.35. The molecule has 0 aliphatic carbocycles. The second-order valence-electron chi connectivity index (χ2n) is 5.89. The number of hydrogen-bond acceptors (Lipinski definition) is 4. The van der Waals surface area contributed by atoms with E-state index in [9.17, 15) is 9.90 Å². The lowest BCUT2D eigenvalue weighted by Crippen LogP contribution is -2.34. The van der Waals surface area contributed by atoms with E-state index >= 15 is 0 Å². The van der Waals surface area contributed by atoms with Gasteiger partial charge in [-0.25, -0.2) is 4.79 Å². The van der Waals surface area contributed by atoms with Crippen molar-refractivity contribution in [3.63, 3.8) is 0 Å². The van der Waals surface area contributed by atoms with E-state index in [1.165, 1.54) is 0 Å². The van der Waals surface area contributed by atoms with Crippen LogP contribution in [0.25, 0.3) is 0 Å². The maximum absolute atomic E-state index is 11.2. The first kappa shape index (κ1) is 15.2. The molecular formula is C16H20N2O3. The number of nitriles is 1. The highest BCUT2D eigenvalue weighted by Gasteiger charge is 2.24. The Balaban J connectivity index is 2.11. The third kappa shape index (κ3) is 3.46. The van der Waals surface area contributed by atoms with Gasteiger partial charge in [0, 0.05) is 6.54 Å². The van der Waals surface area contributed by atoms with Crippen LogP contribution in [0.3, 0.4) is 0 Å². The van der Waals surface area contributed by atoms with Gasteiger partial charge in [0.1, 0.15) is 12.2 Å². The summed E-state index contributed by atoms with van der Waals surface area (Å²) < 4.78 is 5.54. The summed E-state index contributed by atoms with van der Waals surface area (Å²) in [6, 6.07) is 7.48. The van der Waals surface area contributed by atoms with Crippen molar-refractivity contribution in [2.75, 3.05) is 24.6 Å². The molecule has 0 spiro atoms. The fourth-order valence-corrected chi connectivity index (χ4v) is 2.47. The second-order valence-corrected chi connectivity index (χ2v) is 5.89. The first-order valence-corrected chi connectivity index (χ1v) is 7.10. The van der Waals surface area contributed by atoms with Crippen LogP contribution in [0.1, 0.15) is 37.0 Å². The third-order valence-corrected chi connectivity index (χ3v) is 3.71. The Morgan fingerprint density at radius 2 is 2.29 bits per heavy atom. The molecule has 0 unspecified atom stereocenters. The van der Waals surface area contributed by atoms with Crippen molar-refractivity contribution in [1.29, 1.82) is 5.26 Å². The topological polar surface area (TPSA) is 73.6 Å². The number of anilines is 1. The van der Waals surface area contributed by atoms with Crippen LogP contribution in [-0.2, 0) is 0 Å². The average molecular weight is 288 g/mol. The SMILES string of the molecule is CC(C)(C#N)CCCN1CCOc2c(C(=O)O)cccc21. The van der Waals surface area contributed by atoms with E-state index in [4.69, 9.17) is 10.00 Å². The van der Waals surface area contributed by atoms with E-state index in [0.717, 1.165) is 31.6 Å². The Bertz CT molecular complexity index is 575. The molecule has 21 heavy (non-hydrogen) atoms. The van der Waals surface area contributed by atoms with Gasteiger partial charge in [-0.3, -0.25) is 0 Å². The fraction of sp³-hybridized carbons (Fsp3) is 0.500. The largest absolute Gasteiger partial charge is 0.489 e. The van der Waals surface area contributed by atoms with Gasteiger partial charge in [0.15, 0.2) is 5.75 Å². The van der Waals surface area contributed by atoms with Crippen LogP contribution in [0.5, 0.6) is 5.75 Å². The highest BCUT2D eigenvalue weighted by atomic mass is 16.5. The number of nitrogens with zero attached hydrogens (tertiary/aromatic N) is 2. The molecule has 0 fully saturated rings. The zero-order valence-corrected chi connectivity index (χ0v) is 12.4. The molecule has 0 atom stereocenters. The minimum Gasteiger partial charge on any atom is -0.489 e. The standard InChI is InChI=1S/C16H20N2O3/c1-16(2,11-17)7-4-8-18-9-10-21-14-12(15(19)20)5-3-6-13(14)18/h3,5-6H,4,7-10H2,1-2H3,(H,19,20). The number of ether oxygens (including phenoxy) is 1. The van der Waals surface area contributed by atoms with Crippen LogP contribution in [0.4, 0.5) is 5.69 Å². The van der Waals surface area contributed by atoms with Gasteiger partial charge in [-0.2, -0.15) is 5.26 Å². The Morgan fingerprint density at radius 1 is 1.52 bits per heavy atom. The number of carbonyl (C=O) groups is 1. The summed E-state index contributed by atoms with van der Waals surface area (Å²) in [7, 11) is 0. The Hall–Kier alpha value is -2.22. The number of hydrogen-bond donors (Lipinski definition) is 1. The molecule has 1 heterocycles. The first-order valence-electron chi connectivity index (χ1n) is 7.10. The van der Waals surface area contributed by atoms with Gasteiger partial charge >= 0.3 is 5.97 Å². The highest BCUT2D eigenvalue weighted by molar-refractivity contribution is 5.93. The molecule has 1 aromatic carbocycles. The molecule has 0 radical (unpaired) electrons. The van der Waals surface area contributed by atoms with Crippen molar-refractivity contribution < 1.29 is 14.6 Å². The summed E-state index contributed by atoms with van der Waals surface area (Å²) in [5.74, 6) is -0.518. The molecule has 0 bridgehead atoms. The number of carboxylic acid groups (broad SMARTS) is 1. The normalized spacial score (nSPS) is 14.0. The maximum Gasteiger partial charge on any atom is 0.339 e. The summed E-state index contributed by atoms with van der Waals surface area (Å²) in [4.78, 5) is 13.4. The molecule has 5 heteroatoms. The van der Waals surface area contributed by atoms with Crippen LogP contribution in [0, 0.1) is 16.7 Å². The van der Waals surface area contributed by atoms with Gasteiger partial charge in [-0.05, 0) is 38.8 Å². The van der Waals surface area contributed by atoms with E-state index < -0.39 is 5.97 Å². The van der Waals surface area contributed by atoms with Crippen LogP contribution in [0.2, 0.25) is 0 Å². The van der Waals surface area contributed by atoms with Crippen molar-refractivity contribution in [3.8, 4) is 11.8 Å². The van der Waals surface area contributed by atoms with Crippen molar-refractivity contribution in [2.24, 2.45) is 5.41 Å². The molecule has 1 aromatic rings. The Morgan fingerprint density at radius 3 is 2.95 bits per heavy atom. The van der Waals surface area contributed by atoms with E-state index in [-0.39, 0.29) is 11.0 Å². The summed E-state index contributed by atoms with van der Waals surface area (Å²) in [6.45, 7) is 5.89. The number of benzene rings is 1. The zero-order valence-electron chi connectivity index (χ0n) is 12.4. The lowest BCUT2D eigenvalue weighted by molar-refractivity contribution is 0.0692.